The van der Waals surface area contributed by atoms with Gasteiger partial charge in [-0.1, -0.05) is 5.16 Å². The van der Waals surface area contributed by atoms with Gasteiger partial charge in [0.2, 0.25) is 11.8 Å². The summed E-state index contributed by atoms with van der Waals surface area (Å²) in [5.74, 6) is 0.523. The molecule has 1 fully saturated rings. The predicted molar refractivity (Wildman–Crippen MR) is 85.3 cm³/mol. The Kier molecular flexibility index (Phi) is 5.34. The zero-order valence-electron chi connectivity index (χ0n) is 13.8. The molecule has 0 unspecified atom stereocenters. The van der Waals surface area contributed by atoms with Gasteiger partial charge in [0.25, 0.3) is 5.91 Å². The van der Waals surface area contributed by atoms with E-state index < -0.39 is 0 Å². The van der Waals surface area contributed by atoms with Gasteiger partial charge in [0.05, 0.1) is 18.7 Å². The lowest BCUT2D eigenvalue weighted by atomic mass is 10.2. The molecule has 3 heterocycles. The summed E-state index contributed by atoms with van der Waals surface area (Å²) in [6.07, 6.45) is 4.16. The van der Waals surface area contributed by atoms with Gasteiger partial charge < -0.3 is 19.5 Å². The van der Waals surface area contributed by atoms with Crippen LogP contribution in [0.2, 0.25) is 0 Å². The molecular formula is C16H19N5O4. The molecule has 25 heavy (non-hydrogen) atoms. The van der Waals surface area contributed by atoms with Crippen molar-refractivity contribution in [2.75, 3.05) is 20.3 Å². The average Bonchev–Trinajstić information content (AvgIpc) is 3.25. The highest BCUT2D eigenvalue weighted by Gasteiger charge is 2.35. The largest absolute Gasteiger partial charge is 0.383 e. The third kappa shape index (κ3) is 4.00. The first-order valence-corrected chi connectivity index (χ1v) is 7.98. The maximum absolute atomic E-state index is 12.0. The molecule has 0 radical (unpaired) electrons. The lowest BCUT2D eigenvalue weighted by Crippen LogP contribution is -2.31. The molecule has 3 rings (SSSR count). The lowest BCUT2D eigenvalue weighted by molar-refractivity contribution is -0.130. The minimum Gasteiger partial charge on any atom is -0.383 e. The van der Waals surface area contributed by atoms with Crippen LogP contribution in [-0.4, -0.2) is 52.1 Å². The summed E-state index contributed by atoms with van der Waals surface area (Å²) in [5.41, 5.74) is 0.457. The second-order valence-electron chi connectivity index (χ2n) is 5.61. The van der Waals surface area contributed by atoms with E-state index in [1.165, 1.54) is 6.20 Å². The molecular weight excluding hydrogens is 326 g/mol. The van der Waals surface area contributed by atoms with Crippen LogP contribution in [0.15, 0.2) is 29.0 Å². The fourth-order valence-corrected chi connectivity index (χ4v) is 2.69. The van der Waals surface area contributed by atoms with Gasteiger partial charge in [0, 0.05) is 32.5 Å². The van der Waals surface area contributed by atoms with E-state index in [1.807, 2.05) is 0 Å². The number of carbonyl (C=O) groups excluding carboxylic acids is 2. The van der Waals surface area contributed by atoms with Crippen LogP contribution in [0.1, 0.15) is 41.0 Å². The van der Waals surface area contributed by atoms with Gasteiger partial charge in [0.15, 0.2) is 5.82 Å². The van der Waals surface area contributed by atoms with E-state index in [1.54, 1.807) is 30.3 Å². The summed E-state index contributed by atoms with van der Waals surface area (Å²) < 4.78 is 10.3. The first-order chi connectivity index (χ1) is 12.2. The Hall–Kier alpha value is -2.81. The third-order valence-electron chi connectivity index (χ3n) is 3.96. The van der Waals surface area contributed by atoms with E-state index in [9.17, 15) is 9.59 Å². The molecule has 2 aromatic heterocycles. The van der Waals surface area contributed by atoms with Crippen LogP contribution in [0.25, 0.3) is 0 Å². The van der Waals surface area contributed by atoms with Crippen LogP contribution in [-0.2, 0) is 16.1 Å². The predicted octanol–water partition coefficient (Wildman–Crippen LogP) is 0.704. The first kappa shape index (κ1) is 17.0. The number of nitrogens with zero attached hydrogens (tertiary/aromatic N) is 4. The van der Waals surface area contributed by atoms with E-state index >= 15 is 0 Å². The molecule has 1 aliphatic heterocycles. The van der Waals surface area contributed by atoms with Crippen molar-refractivity contribution in [3.63, 3.8) is 0 Å². The maximum atomic E-state index is 12.0. The smallest absolute Gasteiger partial charge is 0.253 e. The Labute approximate surface area is 144 Å². The van der Waals surface area contributed by atoms with Gasteiger partial charge >= 0.3 is 0 Å². The molecule has 0 saturated carbocycles. The molecule has 1 aliphatic rings. The van der Waals surface area contributed by atoms with Crippen molar-refractivity contribution in [1.82, 2.24) is 25.3 Å². The van der Waals surface area contributed by atoms with Gasteiger partial charge in [0.1, 0.15) is 6.04 Å². The fraction of sp³-hybridized carbons (Fsp3) is 0.438. The van der Waals surface area contributed by atoms with Crippen molar-refractivity contribution in [2.45, 2.75) is 25.4 Å². The standard InChI is InChI=1S/C16H19N5O4/c1-24-8-7-21-12(4-5-14(21)22)16-19-13(20-25-16)10-18-15(23)11-3-2-6-17-9-11/h2-3,6,9,12H,4-5,7-8,10H2,1H3,(H,18,23)/t12-/m0/s1. The monoisotopic (exact) mass is 345 g/mol. The minimum atomic E-state index is -0.266. The average molecular weight is 345 g/mol. The number of rotatable bonds is 7. The van der Waals surface area contributed by atoms with E-state index in [2.05, 4.69) is 20.4 Å². The lowest BCUT2D eigenvalue weighted by Gasteiger charge is -2.21. The quantitative estimate of drug-likeness (QED) is 0.786. The zero-order valence-corrected chi connectivity index (χ0v) is 13.8. The number of methoxy groups -OCH3 is 1. The molecule has 0 aromatic carbocycles. The molecule has 1 atom stereocenters. The number of ether oxygens (including phenoxy) is 1. The summed E-state index contributed by atoms with van der Waals surface area (Å²) in [7, 11) is 1.59. The summed E-state index contributed by atoms with van der Waals surface area (Å²) in [6.45, 7) is 1.07. The second kappa shape index (κ2) is 7.84. The van der Waals surface area contributed by atoms with Gasteiger partial charge in [-0.2, -0.15) is 4.98 Å². The minimum absolute atomic E-state index is 0.0479. The number of hydrogen-bond donors (Lipinski definition) is 1. The Morgan fingerprint density at radius 3 is 3.16 bits per heavy atom. The number of nitrogens with one attached hydrogen (secondary N) is 1. The van der Waals surface area contributed by atoms with Crippen LogP contribution in [0.4, 0.5) is 0 Å². The van der Waals surface area contributed by atoms with Crippen LogP contribution < -0.4 is 5.32 Å². The number of amides is 2. The summed E-state index contributed by atoms with van der Waals surface area (Å²) >= 11 is 0. The molecule has 1 saturated heterocycles. The number of aromatic nitrogens is 3. The highest BCUT2D eigenvalue weighted by atomic mass is 16.5. The van der Waals surface area contributed by atoms with E-state index in [4.69, 9.17) is 9.26 Å². The van der Waals surface area contributed by atoms with Crippen molar-refractivity contribution in [2.24, 2.45) is 0 Å². The molecule has 0 bridgehead atoms. The highest BCUT2D eigenvalue weighted by molar-refractivity contribution is 5.93. The molecule has 0 spiro atoms. The van der Waals surface area contributed by atoms with Gasteiger partial charge in [-0.15, -0.1) is 0 Å². The molecule has 132 valence electrons. The summed E-state index contributed by atoms with van der Waals surface area (Å²) in [6, 6.07) is 3.12. The Bertz CT molecular complexity index is 733. The van der Waals surface area contributed by atoms with Gasteiger partial charge in [-0.25, -0.2) is 0 Å². The van der Waals surface area contributed by atoms with Crippen molar-refractivity contribution >= 4 is 11.8 Å². The molecule has 2 aromatic rings. The van der Waals surface area contributed by atoms with E-state index in [0.29, 0.717) is 43.3 Å². The van der Waals surface area contributed by atoms with Crippen molar-refractivity contribution in [3.8, 4) is 0 Å². The number of hydrogen-bond acceptors (Lipinski definition) is 7. The first-order valence-electron chi connectivity index (χ1n) is 7.98. The van der Waals surface area contributed by atoms with Crippen LogP contribution in [0.5, 0.6) is 0 Å². The SMILES string of the molecule is COCCN1C(=O)CC[C@H]1c1nc(CNC(=O)c2cccnc2)no1. The van der Waals surface area contributed by atoms with E-state index in [0.717, 1.165) is 0 Å². The van der Waals surface area contributed by atoms with Crippen LogP contribution in [0, 0.1) is 0 Å². The molecule has 2 amide bonds. The fourth-order valence-electron chi connectivity index (χ4n) is 2.69. The Morgan fingerprint density at radius 1 is 1.52 bits per heavy atom. The second-order valence-corrected chi connectivity index (χ2v) is 5.61. The van der Waals surface area contributed by atoms with Gasteiger partial charge in [-0.3, -0.25) is 14.6 Å². The number of likely N-dealkylation sites (tertiary alicyclic amines) is 1. The van der Waals surface area contributed by atoms with Crippen LogP contribution >= 0.6 is 0 Å². The summed E-state index contributed by atoms with van der Waals surface area (Å²) in [5, 5.41) is 6.59. The molecule has 0 aliphatic carbocycles. The van der Waals surface area contributed by atoms with Crippen molar-refractivity contribution in [1.29, 1.82) is 0 Å². The Morgan fingerprint density at radius 2 is 2.40 bits per heavy atom. The normalized spacial score (nSPS) is 17.1. The summed E-state index contributed by atoms with van der Waals surface area (Å²) in [4.78, 5) is 33.8. The topological polar surface area (TPSA) is 110 Å². The number of carbonyl (C=O) groups is 2. The maximum Gasteiger partial charge on any atom is 0.253 e. The van der Waals surface area contributed by atoms with E-state index in [-0.39, 0.29) is 24.4 Å². The van der Waals surface area contributed by atoms with Crippen LogP contribution in [0.3, 0.4) is 0 Å². The highest BCUT2D eigenvalue weighted by Crippen LogP contribution is 2.31. The molecule has 1 N–H and O–H groups in total. The zero-order chi connectivity index (χ0) is 17.6. The Balaban J connectivity index is 1.60. The van der Waals surface area contributed by atoms with Crippen molar-refractivity contribution < 1.29 is 18.8 Å². The molecule has 9 heteroatoms. The third-order valence-corrected chi connectivity index (χ3v) is 3.96. The number of pyridine rings is 1. The molecule has 9 nitrogen and oxygen atoms in total. The van der Waals surface area contributed by atoms with Gasteiger partial charge in [-0.05, 0) is 18.6 Å². The van der Waals surface area contributed by atoms with Crippen molar-refractivity contribution in [3.05, 3.63) is 41.8 Å².